The average molecular weight is 188 g/mol. The van der Waals surface area contributed by atoms with Crippen molar-refractivity contribution in [2.45, 2.75) is 26.6 Å². The predicted molar refractivity (Wildman–Crippen MR) is 43.8 cm³/mol. The number of allylic oxidation sites excluding steroid dienone is 1. The van der Waals surface area contributed by atoms with Gasteiger partial charge in [-0.15, -0.1) is 0 Å². The summed E-state index contributed by atoms with van der Waals surface area (Å²) in [6, 6.07) is 0. The van der Waals surface area contributed by atoms with Crippen LogP contribution in [-0.2, 0) is 14.3 Å². The van der Waals surface area contributed by atoms with Crippen LogP contribution in [-0.4, -0.2) is 28.4 Å². The molecule has 0 aliphatic carbocycles. The van der Waals surface area contributed by atoms with Crippen molar-refractivity contribution in [3.63, 3.8) is 0 Å². The van der Waals surface area contributed by atoms with Crippen molar-refractivity contribution in [2.75, 3.05) is 0 Å². The topological polar surface area (TPSA) is 83.8 Å². The molecule has 13 heavy (non-hydrogen) atoms. The van der Waals surface area contributed by atoms with Gasteiger partial charge in [-0.3, -0.25) is 4.79 Å². The third-order valence-corrected chi connectivity index (χ3v) is 1.26. The second-order valence-electron chi connectivity index (χ2n) is 2.39. The van der Waals surface area contributed by atoms with Crippen molar-refractivity contribution < 1.29 is 24.5 Å². The highest BCUT2D eigenvalue weighted by Gasteiger charge is 2.13. The Hall–Kier alpha value is -1.36. The molecule has 5 heteroatoms. The van der Waals surface area contributed by atoms with Gasteiger partial charge in [0.05, 0.1) is 6.42 Å². The number of carboxylic acid groups (broad SMARTS) is 1. The Morgan fingerprint density at radius 2 is 2.08 bits per heavy atom. The van der Waals surface area contributed by atoms with Crippen molar-refractivity contribution in [2.24, 2.45) is 0 Å². The Kier molecular flexibility index (Phi) is 4.76. The van der Waals surface area contributed by atoms with Gasteiger partial charge in [-0.25, -0.2) is 4.79 Å². The van der Waals surface area contributed by atoms with E-state index in [0.29, 0.717) is 0 Å². The number of aliphatic hydroxyl groups is 1. The lowest BCUT2D eigenvalue weighted by Crippen LogP contribution is -2.16. The number of aliphatic carboxylic acids is 1. The Morgan fingerprint density at radius 1 is 1.54 bits per heavy atom. The SMILES string of the molecule is CC=C(CC(=O)OC(C)O)C(=O)O. The summed E-state index contributed by atoms with van der Waals surface area (Å²) >= 11 is 0. The van der Waals surface area contributed by atoms with Gasteiger partial charge in [-0.05, 0) is 13.8 Å². The van der Waals surface area contributed by atoms with Crippen molar-refractivity contribution in [1.82, 2.24) is 0 Å². The molecule has 0 aliphatic heterocycles. The highest BCUT2D eigenvalue weighted by molar-refractivity contribution is 5.92. The van der Waals surface area contributed by atoms with E-state index < -0.39 is 18.2 Å². The summed E-state index contributed by atoms with van der Waals surface area (Å²) in [6.45, 7) is 2.78. The van der Waals surface area contributed by atoms with Crippen LogP contribution in [0.5, 0.6) is 0 Å². The Balaban J connectivity index is 4.11. The van der Waals surface area contributed by atoms with Gasteiger partial charge < -0.3 is 14.9 Å². The number of carbonyl (C=O) groups excluding carboxylic acids is 1. The molecule has 0 rings (SSSR count). The maximum atomic E-state index is 10.8. The third kappa shape index (κ3) is 4.97. The van der Waals surface area contributed by atoms with Crippen LogP contribution < -0.4 is 0 Å². The van der Waals surface area contributed by atoms with E-state index >= 15 is 0 Å². The number of aliphatic hydroxyl groups excluding tert-OH is 1. The molecule has 0 radical (unpaired) electrons. The summed E-state index contributed by atoms with van der Waals surface area (Å²) in [5, 5.41) is 17.2. The second kappa shape index (κ2) is 5.31. The van der Waals surface area contributed by atoms with Gasteiger partial charge in [0.1, 0.15) is 0 Å². The van der Waals surface area contributed by atoms with E-state index in [-0.39, 0.29) is 12.0 Å². The molecule has 0 aromatic rings. The van der Waals surface area contributed by atoms with Crippen LogP contribution >= 0.6 is 0 Å². The molecule has 0 saturated carbocycles. The number of ether oxygens (including phenoxy) is 1. The summed E-state index contributed by atoms with van der Waals surface area (Å²) in [7, 11) is 0. The molecule has 0 aromatic carbocycles. The number of carboxylic acids is 1. The standard InChI is InChI=1S/C8H12O5/c1-3-6(8(11)12)4-7(10)13-5(2)9/h3,5,9H,4H2,1-2H3,(H,11,12). The lowest BCUT2D eigenvalue weighted by molar-refractivity contribution is -0.164. The zero-order valence-electron chi connectivity index (χ0n) is 7.48. The van der Waals surface area contributed by atoms with E-state index in [4.69, 9.17) is 10.2 Å². The van der Waals surface area contributed by atoms with E-state index in [1.54, 1.807) is 0 Å². The van der Waals surface area contributed by atoms with Gasteiger partial charge >= 0.3 is 11.9 Å². The average Bonchev–Trinajstić information content (AvgIpc) is 1.98. The molecular formula is C8H12O5. The van der Waals surface area contributed by atoms with Crippen molar-refractivity contribution in [1.29, 1.82) is 0 Å². The highest BCUT2D eigenvalue weighted by atomic mass is 16.6. The lowest BCUT2D eigenvalue weighted by Gasteiger charge is -2.06. The molecule has 2 N–H and O–H groups in total. The van der Waals surface area contributed by atoms with Crippen LogP contribution in [0.4, 0.5) is 0 Å². The quantitative estimate of drug-likeness (QED) is 0.376. The minimum atomic E-state index is -1.21. The van der Waals surface area contributed by atoms with Crippen LogP contribution in [0.3, 0.4) is 0 Å². The summed E-state index contributed by atoms with van der Waals surface area (Å²) in [6.07, 6.45) is -0.234. The molecule has 0 spiro atoms. The Bertz CT molecular complexity index is 229. The maximum Gasteiger partial charge on any atom is 0.331 e. The summed E-state index contributed by atoms with van der Waals surface area (Å²) in [5.74, 6) is -1.92. The minimum Gasteiger partial charge on any atom is -0.478 e. The van der Waals surface area contributed by atoms with Crippen molar-refractivity contribution in [3.05, 3.63) is 11.6 Å². The molecule has 0 heterocycles. The third-order valence-electron chi connectivity index (χ3n) is 1.26. The fourth-order valence-electron chi connectivity index (χ4n) is 0.689. The molecule has 1 atom stereocenters. The van der Waals surface area contributed by atoms with Gasteiger partial charge in [-0.1, -0.05) is 6.08 Å². The van der Waals surface area contributed by atoms with Gasteiger partial charge in [0.25, 0.3) is 0 Å². The molecule has 1 unspecified atom stereocenters. The zero-order valence-corrected chi connectivity index (χ0v) is 7.48. The first-order chi connectivity index (χ1) is 5.97. The van der Waals surface area contributed by atoms with Crippen LogP contribution in [0, 0.1) is 0 Å². The summed E-state index contributed by atoms with van der Waals surface area (Å²) in [5.41, 5.74) is -0.0503. The zero-order chi connectivity index (χ0) is 10.4. The molecule has 0 fully saturated rings. The number of rotatable bonds is 4. The van der Waals surface area contributed by atoms with Crippen LogP contribution in [0.2, 0.25) is 0 Å². The van der Waals surface area contributed by atoms with Gasteiger partial charge in [-0.2, -0.15) is 0 Å². The van der Waals surface area contributed by atoms with Crippen molar-refractivity contribution >= 4 is 11.9 Å². The Labute approximate surface area is 75.6 Å². The van der Waals surface area contributed by atoms with Gasteiger partial charge in [0.15, 0.2) is 6.29 Å². The van der Waals surface area contributed by atoms with E-state index in [1.807, 2.05) is 0 Å². The first-order valence-electron chi connectivity index (χ1n) is 3.73. The Morgan fingerprint density at radius 3 is 2.38 bits per heavy atom. The minimum absolute atomic E-state index is 0.0503. The summed E-state index contributed by atoms with van der Waals surface area (Å²) in [4.78, 5) is 21.3. The van der Waals surface area contributed by atoms with Crippen LogP contribution in [0.15, 0.2) is 11.6 Å². The lowest BCUT2D eigenvalue weighted by atomic mass is 10.2. The largest absolute Gasteiger partial charge is 0.478 e. The molecular weight excluding hydrogens is 176 g/mol. The number of hydrogen-bond acceptors (Lipinski definition) is 4. The molecule has 5 nitrogen and oxygen atoms in total. The second-order valence-corrected chi connectivity index (χ2v) is 2.39. The first kappa shape index (κ1) is 11.6. The fraction of sp³-hybridized carbons (Fsp3) is 0.500. The molecule has 0 bridgehead atoms. The van der Waals surface area contributed by atoms with Crippen LogP contribution in [0.1, 0.15) is 20.3 Å². The van der Waals surface area contributed by atoms with E-state index in [0.717, 1.165) is 0 Å². The number of hydrogen-bond donors (Lipinski definition) is 2. The highest BCUT2D eigenvalue weighted by Crippen LogP contribution is 2.03. The number of esters is 1. The smallest absolute Gasteiger partial charge is 0.331 e. The van der Waals surface area contributed by atoms with E-state index in [9.17, 15) is 9.59 Å². The molecule has 0 aliphatic rings. The predicted octanol–water partition coefficient (Wildman–Crippen LogP) is 0.289. The monoisotopic (exact) mass is 188 g/mol. The molecule has 0 saturated heterocycles. The maximum absolute atomic E-state index is 10.8. The number of carbonyl (C=O) groups is 2. The summed E-state index contributed by atoms with van der Waals surface area (Å²) < 4.78 is 4.35. The first-order valence-corrected chi connectivity index (χ1v) is 3.73. The molecule has 0 amide bonds. The van der Waals surface area contributed by atoms with Crippen LogP contribution in [0.25, 0.3) is 0 Å². The fourth-order valence-corrected chi connectivity index (χ4v) is 0.689. The normalized spacial score (nSPS) is 13.6. The van der Waals surface area contributed by atoms with Gasteiger partial charge in [0.2, 0.25) is 0 Å². The van der Waals surface area contributed by atoms with E-state index in [1.165, 1.54) is 19.9 Å². The van der Waals surface area contributed by atoms with Crippen molar-refractivity contribution in [3.8, 4) is 0 Å². The van der Waals surface area contributed by atoms with Gasteiger partial charge in [0, 0.05) is 5.57 Å². The van der Waals surface area contributed by atoms with E-state index in [2.05, 4.69) is 4.74 Å². The molecule has 74 valence electrons. The molecule has 0 aromatic heterocycles.